The molecule has 2 aliphatic rings. The maximum Gasteiger partial charge on any atom is 0.404 e. The van der Waals surface area contributed by atoms with Crippen LogP contribution in [0.4, 0.5) is 4.79 Å². The minimum Gasteiger partial charge on any atom is -0.491 e. The Morgan fingerprint density at radius 3 is 2.23 bits per heavy atom. The van der Waals surface area contributed by atoms with Crippen LogP contribution in [0.1, 0.15) is 79.0 Å². The summed E-state index contributed by atoms with van der Waals surface area (Å²) >= 11 is 1.39. The van der Waals surface area contributed by atoms with E-state index >= 15 is 0 Å². The summed E-state index contributed by atoms with van der Waals surface area (Å²) in [6.45, 7) is 5.93. The summed E-state index contributed by atoms with van der Waals surface area (Å²) in [6, 6.07) is 5.75. The summed E-state index contributed by atoms with van der Waals surface area (Å²) in [4.78, 5) is 57.4. The predicted octanol–water partition coefficient (Wildman–Crippen LogP) is 3.42. The molecule has 294 valence electrons. The van der Waals surface area contributed by atoms with Crippen molar-refractivity contribution in [3.8, 4) is 5.75 Å². The summed E-state index contributed by atoms with van der Waals surface area (Å²) in [5, 5.41) is 19.2. The van der Waals surface area contributed by atoms with Gasteiger partial charge < -0.3 is 49.6 Å². The van der Waals surface area contributed by atoms with E-state index in [0.29, 0.717) is 76.4 Å². The van der Waals surface area contributed by atoms with Gasteiger partial charge in [0.05, 0.1) is 64.9 Å². The first-order valence-electron chi connectivity index (χ1n) is 18.6. The standard InChI is InChI=1S/C37H55N5O10S/c1-26(38-2)34(44)41-32(27-8-4-3-5-9-27)36(45)42-14-7-12-31(42)35-40-30(25-53-35)33(43)28-10-6-11-29(24-28)52-23-22-51-21-20-50-19-18-49-17-16-48-15-13-39-37(46)47/h6,10-11,24-27,31-32,38-39H,3-5,7-9,12-23H2,1-2H3,(H,41,44)(H,46,47)/t26?,31-,32?/m0/s1. The lowest BCUT2D eigenvalue weighted by Crippen LogP contribution is -2.55. The van der Waals surface area contributed by atoms with Gasteiger partial charge >= 0.3 is 6.09 Å². The second-order valence-corrected chi connectivity index (χ2v) is 13.9. The zero-order chi connectivity index (χ0) is 37.8. The number of carboxylic acid groups (broad SMARTS) is 1. The summed E-state index contributed by atoms with van der Waals surface area (Å²) < 4.78 is 27.5. The van der Waals surface area contributed by atoms with Crippen molar-refractivity contribution < 1.29 is 48.0 Å². The second kappa shape index (κ2) is 23.2. The molecule has 1 aliphatic heterocycles. The molecule has 3 amide bonds. The quantitative estimate of drug-likeness (QED) is 0.0904. The first-order valence-corrected chi connectivity index (χ1v) is 19.4. The Morgan fingerprint density at radius 1 is 0.906 bits per heavy atom. The summed E-state index contributed by atoms with van der Waals surface area (Å²) in [5.41, 5.74) is 0.782. The topological polar surface area (TPSA) is 187 Å². The van der Waals surface area contributed by atoms with Gasteiger partial charge in [-0.05, 0) is 57.7 Å². The van der Waals surface area contributed by atoms with Crippen LogP contribution in [0.5, 0.6) is 5.75 Å². The molecule has 0 radical (unpaired) electrons. The molecule has 2 heterocycles. The monoisotopic (exact) mass is 761 g/mol. The average Bonchev–Trinajstić information content (AvgIpc) is 3.87. The van der Waals surface area contributed by atoms with Gasteiger partial charge in [0.1, 0.15) is 29.1 Å². The van der Waals surface area contributed by atoms with Gasteiger partial charge in [-0.25, -0.2) is 9.78 Å². The third-order valence-electron chi connectivity index (χ3n) is 9.32. The van der Waals surface area contributed by atoms with Crippen LogP contribution < -0.4 is 20.7 Å². The smallest absolute Gasteiger partial charge is 0.404 e. The molecule has 2 unspecified atom stereocenters. The van der Waals surface area contributed by atoms with E-state index in [4.69, 9.17) is 33.8 Å². The Bertz CT molecular complexity index is 1440. The largest absolute Gasteiger partial charge is 0.491 e. The molecule has 1 aromatic heterocycles. The van der Waals surface area contributed by atoms with Gasteiger partial charge in [0.2, 0.25) is 17.6 Å². The number of rotatable bonds is 24. The number of hydrogen-bond acceptors (Lipinski definition) is 12. The van der Waals surface area contributed by atoms with Gasteiger partial charge in [0.15, 0.2) is 0 Å². The molecule has 4 N–H and O–H groups in total. The molecule has 53 heavy (non-hydrogen) atoms. The predicted molar refractivity (Wildman–Crippen MR) is 198 cm³/mol. The van der Waals surface area contributed by atoms with Gasteiger partial charge in [-0.3, -0.25) is 14.4 Å². The van der Waals surface area contributed by atoms with Crippen molar-refractivity contribution in [1.29, 1.82) is 0 Å². The number of likely N-dealkylation sites (N-methyl/N-ethyl adjacent to an activating group) is 1. The van der Waals surface area contributed by atoms with E-state index in [2.05, 4.69) is 16.0 Å². The molecule has 1 aliphatic carbocycles. The van der Waals surface area contributed by atoms with Crippen molar-refractivity contribution in [3.63, 3.8) is 0 Å². The molecule has 3 atom stereocenters. The van der Waals surface area contributed by atoms with Crippen molar-refractivity contribution in [2.45, 2.75) is 70.0 Å². The second-order valence-electron chi connectivity index (χ2n) is 13.0. The van der Waals surface area contributed by atoms with E-state index in [0.717, 1.165) is 50.0 Å². The normalized spacial score (nSPS) is 17.3. The Hall–Kier alpha value is -3.67. The van der Waals surface area contributed by atoms with Crippen LogP contribution in [0.25, 0.3) is 0 Å². The first kappa shape index (κ1) is 42.1. The Kier molecular flexibility index (Phi) is 18.4. The molecular formula is C37H55N5O10S. The van der Waals surface area contributed by atoms with Crippen molar-refractivity contribution in [3.05, 3.63) is 45.9 Å². The van der Waals surface area contributed by atoms with Gasteiger partial charge in [0, 0.05) is 24.0 Å². The molecule has 0 bridgehead atoms. The van der Waals surface area contributed by atoms with E-state index in [-0.39, 0.29) is 42.7 Å². The Morgan fingerprint density at radius 2 is 1.57 bits per heavy atom. The van der Waals surface area contributed by atoms with Crippen LogP contribution in [0.15, 0.2) is 29.6 Å². The van der Waals surface area contributed by atoms with Crippen LogP contribution in [-0.4, -0.2) is 130 Å². The number of likely N-dealkylation sites (tertiary alicyclic amines) is 1. The Balaban J connectivity index is 1.18. The number of ketones is 1. The number of thiazole rings is 1. The van der Waals surface area contributed by atoms with Crippen molar-refractivity contribution >= 4 is 35.0 Å². The average molecular weight is 762 g/mol. The summed E-state index contributed by atoms with van der Waals surface area (Å²) in [5.74, 6) is 0.187. The fourth-order valence-corrected chi connectivity index (χ4v) is 7.30. The van der Waals surface area contributed by atoms with E-state index in [1.54, 1.807) is 43.6 Å². The SMILES string of the molecule is CNC(C)C(=O)NC(C(=O)N1CCC[C@H]1c1nc(C(=O)c2cccc(OCCOCCOCCOCCOCCNC(=O)O)c2)cs1)C1CCCCC1. The fourth-order valence-electron chi connectivity index (χ4n) is 6.35. The molecule has 1 saturated heterocycles. The van der Waals surface area contributed by atoms with E-state index in [1.165, 1.54) is 11.3 Å². The molecule has 15 nitrogen and oxygen atoms in total. The van der Waals surface area contributed by atoms with Crippen LogP contribution in [0, 0.1) is 5.92 Å². The molecule has 1 aromatic carbocycles. The van der Waals surface area contributed by atoms with Crippen LogP contribution in [-0.2, 0) is 28.5 Å². The molecule has 2 aromatic rings. The molecule has 2 fully saturated rings. The summed E-state index contributed by atoms with van der Waals surface area (Å²) in [6.07, 6.45) is 5.60. The highest BCUT2D eigenvalue weighted by molar-refractivity contribution is 7.10. The zero-order valence-electron chi connectivity index (χ0n) is 30.8. The number of benzene rings is 1. The van der Waals surface area contributed by atoms with Gasteiger partial charge in [-0.2, -0.15) is 0 Å². The Labute approximate surface area is 315 Å². The number of carbonyl (C=O) groups excluding carboxylic acids is 3. The van der Waals surface area contributed by atoms with Gasteiger partial charge in [0.25, 0.3) is 0 Å². The first-order chi connectivity index (χ1) is 25.8. The number of nitrogens with zero attached hydrogens (tertiary/aromatic N) is 2. The molecule has 1 saturated carbocycles. The zero-order valence-corrected chi connectivity index (χ0v) is 31.7. The number of hydrogen-bond donors (Lipinski definition) is 4. The van der Waals surface area contributed by atoms with Crippen LogP contribution >= 0.6 is 11.3 Å². The highest BCUT2D eigenvalue weighted by Gasteiger charge is 2.40. The van der Waals surface area contributed by atoms with Crippen LogP contribution in [0.3, 0.4) is 0 Å². The molecule has 0 spiro atoms. The number of amides is 3. The third kappa shape index (κ3) is 13.9. The maximum atomic E-state index is 14.1. The maximum absolute atomic E-state index is 14.1. The minimum absolute atomic E-state index is 0.0598. The number of aromatic nitrogens is 1. The molecule has 4 rings (SSSR count). The van der Waals surface area contributed by atoms with E-state index in [9.17, 15) is 19.2 Å². The number of nitrogens with one attached hydrogen (secondary N) is 3. The number of carbonyl (C=O) groups is 4. The van der Waals surface area contributed by atoms with Crippen molar-refractivity contribution in [1.82, 2.24) is 25.8 Å². The minimum atomic E-state index is -1.08. The van der Waals surface area contributed by atoms with E-state index < -0.39 is 18.2 Å². The van der Waals surface area contributed by atoms with Gasteiger partial charge in [-0.1, -0.05) is 31.4 Å². The van der Waals surface area contributed by atoms with Crippen molar-refractivity contribution in [2.75, 3.05) is 79.6 Å². The highest BCUT2D eigenvalue weighted by Crippen LogP contribution is 2.36. The summed E-state index contributed by atoms with van der Waals surface area (Å²) in [7, 11) is 1.73. The number of ether oxygens (including phenoxy) is 5. The van der Waals surface area contributed by atoms with Gasteiger partial charge in [-0.15, -0.1) is 11.3 Å². The van der Waals surface area contributed by atoms with Crippen molar-refractivity contribution in [2.24, 2.45) is 5.92 Å². The molecule has 16 heteroatoms. The lowest BCUT2D eigenvalue weighted by atomic mass is 9.83. The van der Waals surface area contributed by atoms with Crippen LogP contribution in [0.2, 0.25) is 0 Å². The highest BCUT2D eigenvalue weighted by atomic mass is 32.1. The lowest BCUT2D eigenvalue weighted by Gasteiger charge is -2.35. The fraction of sp³-hybridized carbons (Fsp3) is 0.649. The van der Waals surface area contributed by atoms with E-state index in [1.807, 2.05) is 4.90 Å². The molecular weight excluding hydrogens is 706 g/mol. The lowest BCUT2D eigenvalue weighted by molar-refractivity contribution is -0.139. The third-order valence-corrected chi connectivity index (χ3v) is 10.3.